The topological polar surface area (TPSA) is 40.5 Å². The smallest absolute Gasteiger partial charge is 0.328 e. The third-order valence-electron chi connectivity index (χ3n) is 3.72. The van der Waals surface area contributed by atoms with Crippen LogP contribution in [0.25, 0.3) is 6.08 Å². The molecule has 1 aliphatic rings. The van der Waals surface area contributed by atoms with E-state index in [-0.39, 0.29) is 5.82 Å². The van der Waals surface area contributed by atoms with Crippen LogP contribution in [0.4, 0.5) is 10.1 Å². The summed E-state index contributed by atoms with van der Waals surface area (Å²) in [5.74, 6) is -0.685. The van der Waals surface area contributed by atoms with Crippen LogP contribution in [0.1, 0.15) is 31.7 Å². The van der Waals surface area contributed by atoms with Crippen molar-refractivity contribution in [3.63, 3.8) is 0 Å². The zero-order chi connectivity index (χ0) is 14.5. The Balaban J connectivity index is 2.21. The normalized spacial score (nSPS) is 18.9. The van der Waals surface area contributed by atoms with E-state index in [0.29, 0.717) is 11.5 Å². The Morgan fingerprint density at radius 2 is 2.35 bits per heavy atom. The second-order valence-electron chi connectivity index (χ2n) is 5.26. The van der Waals surface area contributed by atoms with Crippen molar-refractivity contribution in [1.29, 1.82) is 0 Å². The summed E-state index contributed by atoms with van der Waals surface area (Å²) in [4.78, 5) is 12.9. The molecule has 1 aliphatic heterocycles. The molecule has 1 N–H and O–H groups in total. The number of hydrogen-bond acceptors (Lipinski definition) is 2. The fraction of sp³-hybridized carbons (Fsp3) is 0.438. The Bertz CT molecular complexity index is 513. The molecule has 0 saturated carbocycles. The Hall–Kier alpha value is -1.84. The van der Waals surface area contributed by atoms with Crippen molar-refractivity contribution in [1.82, 2.24) is 0 Å². The van der Waals surface area contributed by atoms with Crippen molar-refractivity contribution in [3.05, 3.63) is 35.7 Å². The molecule has 1 heterocycles. The van der Waals surface area contributed by atoms with Crippen molar-refractivity contribution < 1.29 is 14.3 Å². The van der Waals surface area contributed by atoms with E-state index in [1.807, 2.05) is 0 Å². The lowest BCUT2D eigenvalue weighted by Gasteiger charge is -2.21. The van der Waals surface area contributed by atoms with Gasteiger partial charge in [0.15, 0.2) is 0 Å². The van der Waals surface area contributed by atoms with Crippen molar-refractivity contribution in [3.8, 4) is 0 Å². The highest BCUT2D eigenvalue weighted by molar-refractivity contribution is 5.87. The molecular weight excluding hydrogens is 257 g/mol. The minimum Gasteiger partial charge on any atom is -0.478 e. The maximum absolute atomic E-state index is 13.4. The van der Waals surface area contributed by atoms with Crippen molar-refractivity contribution in [2.45, 2.75) is 26.2 Å². The third-order valence-corrected chi connectivity index (χ3v) is 3.72. The summed E-state index contributed by atoms with van der Waals surface area (Å²) < 4.78 is 13.4. The van der Waals surface area contributed by atoms with Gasteiger partial charge in [-0.15, -0.1) is 0 Å². The molecule has 4 heteroatoms. The van der Waals surface area contributed by atoms with Gasteiger partial charge in [-0.1, -0.05) is 13.3 Å². The molecule has 0 amide bonds. The Kier molecular flexibility index (Phi) is 4.77. The van der Waals surface area contributed by atoms with E-state index >= 15 is 0 Å². The maximum atomic E-state index is 13.4. The predicted molar refractivity (Wildman–Crippen MR) is 78.3 cm³/mol. The molecule has 1 aromatic carbocycles. The Labute approximate surface area is 118 Å². The molecule has 2 rings (SSSR count). The first kappa shape index (κ1) is 14.6. The van der Waals surface area contributed by atoms with Crippen molar-refractivity contribution >= 4 is 17.7 Å². The monoisotopic (exact) mass is 277 g/mol. The second kappa shape index (κ2) is 6.55. The molecule has 1 unspecified atom stereocenters. The minimum atomic E-state index is -1.02. The Morgan fingerprint density at radius 1 is 1.55 bits per heavy atom. The quantitative estimate of drug-likeness (QED) is 0.837. The number of hydrogen-bond donors (Lipinski definition) is 1. The number of halogens is 1. The van der Waals surface area contributed by atoms with E-state index in [9.17, 15) is 9.18 Å². The summed E-state index contributed by atoms with van der Waals surface area (Å²) in [5, 5.41) is 8.72. The van der Waals surface area contributed by atoms with Crippen LogP contribution in [-0.2, 0) is 4.79 Å². The molecule has 0 aromatic heterocycles. The molecular formula is C16H20FNO2. The number of aliphatic carboxylic acids is 1. The minimum absolute atomic E-state index is 0.344. The van der Waals surface area contributed by atoms with Crippen LogP contribution in [0.5, 0.6) is 0 Å². The first-order valence-electron chi connectivity index (χ1n) is 7.05. The SMILES string of the molecule is CCCC1CCN(c2ccc(F)cc2/C=C/C(=O)O)C1. The van der Waals surface area contributed by atoms with Crippen LogP contribution >= 0.6 is 0 Å². The summed E-state index contributed by atoms with van der Waals surface area (Å²) in [7, 11) is 0. The zero-order valence-corrected chi connectivity index (χ0v) is 11.7. The van der Waals surface area contributed by atoms with E-state index in [4.69, 9.17) is 5.11 Å². The fourth-order valence-electron chi connectivity index (χ4n) is 2.80. The van der Waals surface area contributed by atoms with E-state index < -0.39 is 5.97 Å². The van der Waals surface area contributed by atoms with Crippen LogP contribution in [0.15, 0.2) is 24.3 Å². The van der Waals surface area contributed by atoms with E-state index in [2.05, 4.69) is 11.8 Å². The number of carboxylic acid groups (broad SMARTS) is 1. The molecule has 3 nitrogen and oxygen atoms in total. The molecule has 1 fully saturated rings. The van der Waals surface area contributed by atoms with E-state index in [0.717, 1.165) is 31.3 Å². The standard InChI is InChI=1S/C16H20FNO2/c1-2-3-12-8-9-18(11-12)15-6-5-14(17)10-13(15)4-7-16(19)20/h4-7,10,12H,2-3,8-9,11H2,1H3,(H,19,20)/b7-4+. The van der Waals surface area contributed by atoms with Crippen molar-refractivity contribution in [2.24, 2.45) is 5.92 Å². The highest BCUT2D eigenvalue weighted by atomic mass is 19.1. The molecule has 1 atom stereocenters. The van der Waals surface area contributed by atoms with Gasteiger partial charge in [-0.2, -0.15) is 0 Å². The number of carboxylic acids is 1. The first-order chi connectivity index (χ1) is 9.60. The molecule has 0 aliphatic carbocycles. The zero-order valence-electron chi connectivity index (χ0n) is 11.7. The van der Waals surface area contributed by atoms with Gasteiger partial charge in [0, 0.05) is 30.4 Å². The van der Waals surface area contributed by atoms with Crippen LogP contribution in [0.3, 0.4) is 0 Å². The fourth-order valence-corrected chi connectivity index (χ4v) is 2.80. The van der Waals surface area contributed by atoms with Gasteiger partial charge < -0.3 is 10.0 Å². The van der Waals surface area contributed by atoms with Gasteiger partial charge in [-0.3, -0.25) is 0 Å². The summed E-state index contributed by atoms with van der Waals surface area (Å²) in [6.07, 6.45) is 6.05. The highest BCUT2D eigenvalue weighted by Crippen LogP contribution is 2.30. The highest BCUT2D eigenvalue weighted by Gasteiger charge is 2.23. The summed E-state index contributed by atoms with van der Waals surface area (Å²) in [6, 6.07) is 4.56. The van der Waals surface area contributed by atoms with Gasteiger partial charge in [0.05, 0.1) is 0 Å². The lowest BCUT2D eigenvalue weighted by molar-refractivity contribution is -0.131. The molecule has 0 radical (unpaired) electrons. The van der Waals surface area contributed by atoms with Gasteiger partial charge in [0.25, 0.3) is 0 Å². The van der Waals surface area contributed by atoms with E-state index in [1.165, 1.54) is 31.1 Å². The van der Waals surface area contributed by atoms with Gasteiger partial charge in [0.1, 0.15) is 5.82 Å². The third kappa shape index (κ3) is 3.59. The number of rotatable bonds is 5. The summed E-state index contributed by atoms with van der Waals surface area (Å²) >= 11 is 0. The number of anilines is 1. The molecule has 20 heavy (non-hydrogen) atoms. The van der Waals surface area contributed by atoms with Gasteiger partial charge in [0.2, 0.25) is 0 Å². The summed E-state index contributed by atoms with van der Waals surface area (Å²) in [5.41, 5.74) is 1.55. The average molecular weight is 277 g/mol. The number of carbonyl (C=O) groups is 1. The molecule has 108 valence electrons. The molecule has 0 bridgehead atoms. The largest absolute Gasteiger partial charge is 0.478 e. The second-order valence-corrected chi connectivity index (χ2v) is 5.26. The van der Waals surface area contributed by atoms with Gasteiger partial charge >= 0.3 is 5.97 Å². The average Bonchev–Trinajstić information content (AvgIpc) is 2.85. The summed E-state index contributed by atoms with van der Waals surface area (Å²) in [6.45, 7) is 4.10. The van der Waals surface area contributed by atoms with Crippen molar-refractivity contribution in [2.75, 3.05) is 18.0 Å². The van der Waals surface area contributed by atoms with Gasteiger partial charge in [-0.25, -0.2) is 9.18 Å². The number of benzene rings is 1. The lowest BCUT2D eigenvalue weighted by Crippen LogP contribution is -2.20. The van der Waals surface area contributed by atoms with E-state index in [1.54, 1.807) is 6.07 Å². The molecule has 1 saturated heterocycles. The molecule has 1 aromatic rings. The predicted octanol–water partition coefficient (Wildman–Crippen LogP) is 3.55. The van der Waals surface area contributed by atoms with Crippen LogP contribution < -0.4 is 4.90 Å². The number of nitrogens with zero attached hydrogens (tertiary/aromatic N) is 1. The van der Waals surface area contributed by atoms with Gasteiger partial charge in [-0.05, 0) is 43.0 Å². The van der Waals surface area contributed by atoms with Crippen LogP contribution in [0.2, 0.25) is 0 Å². The van der Waals surface area contributed by atoms with Crippen LogP contribution in [-0.4, -0.2) is 24.2 Å². The molecule has 0 spiro atoms. The maximum Gasteiger partial charge on any atom is 0.328 e. The first-order valence-corrected chi connectivity index (χ1v) is 7.05. The van der Waals surface area contributed by atoms with Crippen LogP contribution in [0, 0.1) is 11.7 Å². The lowest BCUT2D eigenvalue weighted by atomic mass is 10.0. The Morgan fingerprint density at radius 3 is 3.05 bits per heavy atom.